The van der Waals surface area contributed by atoms with Gasteiger partial charge in [0.15, 0.2) is 0 Å². The summed E-state index contributed by atoms with van der Waals surface area (Å²) < 4.78 is 21.0. The van der Waals surface area contributed by atoms with Crippen LogP contribution in [0.1, 0.15) is 71.3 Å². The van der Waals surface area contributed by atoms with Gasteiger partial charge in [0.1, 0.15) is 23.4 Å². The van der Waals surface area contributed by atoms with Gasteiger partial charge in [-0.25, -0.2) is 14.8 Å². The third-order valence-corrected chi connectivity index (χ3v) is 8.62. The lowest BCUT2D eigenvalue weighted by molar-refractivity contribution is -0.136. The first-order chi connectivity index (χ1) is 19.8. The fraction of sp³-hybridized carbons (Fsp3) is 0.679. The minimum absolute atomic E-state index is 0.0300. The number of phosphoric ester groups is 1. The number of hydrazine groups is 1. The van der Waals surface area contributed by atoms with Crippen LogP contribution in [0.2, 0.25) is 0 Å². The van der Waals surface area contributed by atoms with Gasteiger partial charge in [0.05, 0.1) is 0 Å². The summed E-state index contributed by atoms with van der Waals surface area (Å²) in [5, 5.41) is 2.88. The van der Waals surface area contributed by atoms with E-state index in [1.807, 2.05) is 4.90 Å². The maximum atomic E-state index is 13.5. The molecule has 0 bridgehead atoms. The van der Waals surface area contributed by atoms with Crippen LogP contribution in [0.3, 0.4) is 0 Å². The Morgan fingerprint density at radius 2 is 1.83 bits per heavy atom. The zero-order chi connectivity index (χ0) is 30.8. The first-order valence-electron chi connectivity index (χ1n) is 14.5. The average molecular weight is 629 g/mol. The van der Waals surface area contributed by atoms with Crippen LogP contribution in [-0.4, -0.2) is 74.9 Å². The van der Waals surface area contributed by atoms with E-state index in [4.69, 9.17) is 14.5 Å². The van der Waals surface area contributed by atoms with Gasteiger partial charge in [0.2, 0.25) is 11.8 Å². The normalized spacial score (nSPS) is 19.5. The quantitative estimate of drug-likeness (QED) is 0.171. The molecule has 0 unspecified atom stereocenters. The Labute approximate surface area is 252 Å². The van der Waals surface area contributed by atoms with Crippen LogP contribution in [0.25, 0.3) is 0 Å². The SMILES string of the molecule is CC(C)(C)OC(=O)NN[C@@H](Cc1ccc(OP(=O)(O)O)cc1)C(=O)N[C@H]1CSCCN(CCCC2CCCCC2)C1=O. The molecule has 1 aromatic carbocycles. The number of nitrogens with zero attached hydrogens (tertiary/aromatic N) is 1. The summed E-state index contributed by atoms with van der Waals surface area (Å²) in [5.74, 6) is 1.38. The number of benzene rings is 1. The molecule has 0 spiro atoms. The molecule has 1 saturated heterocycles. The lowest BCUT2D eigenvalue weighted by Crippen LogP contribution is -2.57. The molecule has 1 aromatic rings. The number of hydrogen-bond donors (Lipinski definition) is 5. The Bertz CT molecular complexity index is 1090. The molecule has 1 saturated carbocycles. The summed E-state index contributed by atoms with van der Waals surface area (Å²) in [7, 11) is -4.71. The number of hydrogen-bond acceptors (Lipinski definition) is 8. The van der Waals surface area contributed by atoms with Gasteiger partial charge in [-0.2, -0.15) is 11.8 Å². The lowest BCUT2D eigenvalue weighted by atomic mass is 9.86. The molecule has 0 aromatic heterocycles. The smallest absolute Gasteiger partial charge is 0.443 e. The molecule has 1 aliphatic carbocycles. The molecule has 236 valence electrons. The van der Waals surface area contributed by atoms with Gasteiger partial charge in [-0.05, 0) is 63.6 Å². The molecule has 3 amide bonds. The molecule has 14 heteroatoms. The van der Waals surface area contributed by atoms with E-state index < -0.39 is 37.5 Å². The first-order valence-corrected chi connectivity index (χ1v) is 17.2. The van der Waals surface area contributed by atoms with Crippen molar-refractivity contribution in [1.29, 1.82) is 0 Å². The van der Waals surface area contributed by atoms with Crippen LogP contribution in [0.4, 0.5) is 4.79 Å². The minimum Gasteiger partial charge on any atom is -0.443 e. The second kappa shape index (κ2) is 16.0. The van der Waals surface area contributed by atoms with Crippen LogP contribution in [0.15, 0.2) is 24.3 Å². The molecule has 42 heavy (non-hydrogen) atoms. The van der Waals surface area contributed by atoms with E-state index in [0.29, 0.717) is 24.4 Å². The Balaban J connectivity index is 1.64. The molecule has 2 aliphatic rings. The highest BCUT2D eigenvalue weighted by molar-refractivity contribution is 7.99. The molecule has 2 fully saturated rings. The third kappa shape index (κ3) is 12.5. The highest BCUT2D eigenvalue weighted by Crippen LogP contribution is 2.37. The van der Waals surface area contributed by atoms with Crippen LogP contribution in [0.5, 0.6) is 5.75 Å². The van der Waals surface area contributed by atoms with Crippen LogP contribution in [-0.2, 0) is 25.3 Å². The Kier molecular flexibility index (Phi) is 13.0. The maximum absolute atomic E-state index is 13.5. The molecular weight excluding hydrogens is 583 g/mol. The molecule has 5 N–H and O–H groups in total. The van der Waals surface area contributed by atoms with Crippen molar-refractivity contribution in [1.82, 2.24) is 21.1 Å². The lowest BCUT2D eigenvalue weighted by Gasteiger charge is -2.28. The highest BCUT2D eigenvalue weighted by atomic mass is 32.2. The van der Waals surface area contributed by atoms with Crippen molar-refractivity contribution in [3.05, 3.63) is 29.8 Å². The summed E-state index contributed by atoms with van der Waals surface area (Å²) in [5.41, 5.74) is 5.01. The number of ether oxygens (including phenoxy) is 1. The summed E-state index contributed by atoms with van der Waals surface area (Å²) in [4.78, 5) is 59.1. The minimum atomic E-state index is -4.71. The van der Waals surface area contributed by atoms with Gasteiger partial charge < -0.3 is 19.5 Å². The molecule has 3 rings (SSSR count). The summed E-state index contributed by atoms with van der Waals surface area (Å²) in [6.45, 7) is 6.47. The number of thioether (sulfide) groups is 1. The number of amides is 3. The number of rotatable bonds is 12. The first kappa shape index (κ1) is 34.2. The molecule has 1 aliphatic heterocycles. The second-order valence-electron chi connectivity index (χ2n) is 11.9. The fourth-order valence-electron chi connectivity index (χ4n) is 5.14. The predicted octanol–water partition coefficient (Wildman–Crippen LogP) is 3.52. The third-order valence-electron chi connectivity index (χ3n) is 7.13. The van der Waals surface area contributed by atoms with E-state index in [9.17, 15) is 18.9 Å². The van der Waals surface area contributed by atoms with Gasteiger partial charge in [0.25, 0.3) is 0 Å². The van der Waals surface area contributed by atoms with Gasteiger partial charge in [-0.15, -0.1) is 0 Å². The molecule has 12 nitrogen and oxygen atoms in total. The molecule has 0 radical (unpaired) electrons. The Morgan fingerprint density at radius 3 is 2.48 bits per heavy atom. The Hall–Kier alpha value is -2.31. The van der Waals surface area contributed by atoms with Crippen molar-refractivity contribution in [2.75, 3.05) is 24.6 Å². The number of nitrogens with one attached hydrogen (secondary N) is 3. The number of phosphoric acid groups is 1. The summed E-state index contributed by atoms with van der Waals surface area (Å²) in [6.07, 6.45) is 7.85. The van der Waals surface area contributed by atoms with Gasteiger partial charge >= 0.3 is 13.9 Å². The van der Waals surface area contributed by atoms with E-state index in [1.54, 1.807) is 44.7 Å². The second-order valence-corrected chi connectivity index (χ2v) is 14.2. The van der Waals surface area contributed by atoms with Crippen molar-refractivity contribution in [3.8, 4) is 5.75 Å². The van der Waals surface area contributed by atoms with Crippen LogP contribution in [0, 0.1) is 5.92 Å². The summed E-state index contributed by atoms with van der Waals surface area (Å²) >= 11 is 1.62. The van der Waals surface area contributed by atoms with Crippen molar-refractivity contribution in [2.45, 2.75) is 89.8 Å². The van der Waals surface area contributed by atoms with E-state index in [1.165, 1.54) is 44.2 Å². The van der Waals surface area contributed by atoms with E-state index in [-0.39, 0.29) is 18.1 Å². The van der Waals surface area contributed by atoms with Gasteiger partial charge in [-0.3, -0.25) is 24.8 Å². The van der Waals surface area contributed by atoms with E-state index in [0.717, 1.165) is 24.5 Å². The number of carbonyl (C=O) groups is 3. The predicted molar refractivity (Wildman–Crippen MR) is 161 cm³/mol. The topological polar surface area (TPSA) is 167 Å². The van der Waals surface area contributed by atoms with Gasteiger partial charge in [-0.1, -0.05) is 44.2 Å². The van der Waals surface area contributed by atoms with E-state index >= 15 is 0 Å². The van der Waals surface area contributed by atoms with Gasteiger partial charge in [0, 0.05) is 24.6 Å². The van der Waals surface area contributed by atoms with Crippen molar-refractivity contribution >= 4 is 37.5 Å². The van der Waals surface area contributed by atoms with Crippen LogP contribution < -0.4 is 20.7 Å². The maximum Gasteiger partial charge on any atom is 0.524 e. The Morgan fingerprint density at radius 1 is 1.14 bits per heavy atom. The molecular formula is C28H45N4O8PS. The number of carbonyl (C=O) groups excluding carboxylic acids is 3. The van der Waals surface area contributed by atoms with Crippen molar-refractivity contribution in [3.63, 3.8) is 0 Å². The molecule has 1 heterocycles. The zero-order valence-electron chi connectivity index (χ0n) is 24.7. The highest BCUT2D eigenvalue weighted by Gasteiger charge is 2.31. The zero-order valence-corrected chi connectivity index (χ0v) is 26.4. The van der Waals surface area contributed by atoms with Crippen molar-refractivity contribution in [2.24, 2.45) is 5.92 Å². The van der Waals surface area contributed by atoms with Crippen LogP contribution >= 0.6 is 19.6 Å². The average Bonchev–Trinajstić information content (AvgIpc) is 3.07. The largest absolute Gasteiger partial charge is 0.524 e. The van der Waals surface area contributed by atoms with E-state index in [2.05, 4.69) is 20.7 Å². The summed E-state index contributed by atoms with van der Waals surface area (Å²) in [6, 6.07) is 4.18. The fourth-order valence-corrected chi connectivity index (χ4v) is 6.51. The van der Waals surface area contributed by atoms with Crippen molar-refractivity contribution < 1.29 is 38.0 Å². The monoisotopic (exact) mass is 628 g/mol. The standard InChI is InChI=1S/C28H45N4O8PS/c1-28(2,3)39-27(35)31-30-23(18-21-11-13-22(14-12-21)40-41(36,37)38)25(33)29-24-19-42-17-16-32(26(24)34)15-7-10-20-8-5-4-6-9-20/h11-14,20,23-24,30H,4-10,15-19H2,1-3H3,(H,29,33)(H,31,35)(H2,36,37,38)/t23-,24-/m0/s1. The molecule has 2 atom stereocenters.